The third kappa shape index (κ3) is 1.95. The number of benzene rings is 3. The molecule has 91 valence electrons. The van der Waals surface area contributed by atoms with Crippen LogP contribution in [0.2, 0.25) is 0 Å². The molecule has 0 saturated heterocycles. The van der Waals surface area contributed by atoms with E-state index < -0.39 is 4.92 Å². The largest absolute Gasteiger partial charge is 0.285 e. The summed E-state index contributed by atoms with van der Waals surface area (Å²) >= 11 is 0. The van der Waals surface area contributed by atoms with Crippen molar-refractivity contribution in [2.75, 3.05) is 0 Å². The van der Waals surface area contributed by atoms with Gasteiger partial charge in [-0.2, -0.15) is 0 Å². The Bertz CT molecular complexity index is 760. The average Bonchev–Trinajstić information content (AvgIpc) is 2.46. The minimum atomic E-state index is -0.392. The third-order valence-corrected chi connectivity index (χ3v) is 3.10. The standard InChI is InChI=1S/C16H10NO2/c18-17(19)16-11-4-3-9-15(16)14-10-5-7-12-6-1-2-8-13(12)14/h1-10H. The number of rotatable bonds is 2. The lowest BCUT2D eigenvalue weighted by Gasteiger charge is -2.07. The van der Waals surface area contributed by atoms with Gasteiger partial charge in [-0.25, -0.2) is 0 Å². The quantitative estimate of drug-likeness (QED) is 0.503. The SMILES string of the molecule is O=[N+]([O-])c1[c]cccc1-c1cccc2ccccc12. The molecule has 1 radical (unpaired) electrons. The zero-order chi connectivity index (χ0) is 13.2. The van der Waals surface area contributed by atoms with Gasteiger partial charge in [-0.3, -0.25) is 10.1 Å². The van der Waals surface area contributed by atoms with Crippen LogP contribution in [0.1, 0.15) is 0 Å². The van der Waals surface area contributed by atoms with E-state index in [-0.39, 0.29) is 5.69 Å². The molecule has 0 saturated carbocycles. The van der Waals surface area contributed by atoms with Crippen molar-refractivity contribution in [3.63, 3.8) is 0 Å². The Hall–Kier alpha value is -2.68. The molecule has 0 aromatic heterocycles. The number of hydrogen-bond donors (Lipinski definition) is 0. The van der Waals surface area contributed by atoms with E-state index in [4.69, 9.17) is 0 Å². The molecule has 0 atom stereocenters. The Labute approximate surface area is 110 Å². The maximum atomic E-state index is 11.1. The minimum Gasteiger partial charge on any atom is -0.258 e. The van der Waals surface area contributed by atoms with Gasteiger partial charge in [0.2, 0.25) is 0 Å². The predicted molar refractivity (Wildman–Crippen MR) is 74.9 cm³/mol. The minimum absolute atomic E-state index is 0.0128. The number of nitro benzene ring substituents is 1. The predicted octanol–water partition coefficient (Wildman–Crippen LogP) is 4.22. The molecular formula is C16H10NO2. The van der Waals surface area contributed by atoms with Crippen molar-refractivity contribution in [3.8, 4) is 11.1 Å². The zero-order valence-corrected chi connectivity index (χ0v) is 10.0. The van der Waals surface area contributed by atoms with Crippen LogP contribution in [-0.2, 0) is 0 Å². The Morgan fingerprint density at radius 2 is 1.63 bits per heavy atom. The van der Waals surface area contributed by atoms with Crippen LogP contribution in [0.15, 0.2) is 60.7 Å². The van der Waals surface area contributed by atoms with Gasteiger partial charge in [0, 0.05) is 0 Å². The fourth-order valence-electron chi connectivity index (χ4n) is 2.26. The highest BCUT2D eigenvalue weighted by atomic mass is 16.6. The molecule has 0 N–H and O–H groups in total. The van der Waals surface area contributed by atoms with Crippen LogP contribution in [0.3, 0.4) is 0 Å². The molecule has 3 aromatic carbocycles. The highest BCUT2D eigenvalue weighted by molar-refractivity contribution is 5.98. The molecule has 0 bridgehead atoms. The van der Waals surface area contributed by atoms with Crippen molar-refractivity contribution >= 4 is 16.5 Å². The summed E-state index contributed by atoms with van der Waals surface area (Å²) in [6.45, 7) is 0. The second-order valence-corrected chi connectivity index (χ2v) is 4.22. The number of hydrogen-bond acceptors (Lipinski definition) is 2. The van der Waals surface area contributed by atoms with Gasteiger partial charge in [0.1, 0.15) is 0 Å². The van der Waals surface area contributed by atoms with Gasteiger partial charge in [-0.15, -0.1) is 0 Å². The summed E-state index contributed by atoms with van der Waals surface area (Å²) in [5, 5.41) is 13.2. The maximum Gasteiger partial charge on any atom is 0.285 e. The van der Waals surface area contributed by atoms with Crippen LogP contribution >= 0.6 is 0 Å². The van der Waals surface area contributed by atoms with Crippen molar-refractivity contribution in [2.45, 2.75) is 0 Å². The fraction of sp³-hybridized carbons (Fsp3) is 0. The molecule has 0 fully saturated rings. The van der Waals surface area contributed by atoms with Crippen molar-refractivity contribution in [2.24, 2.45) is 0 Å². The second-order valence-electron chi connectivity index (χ2n) is 4.22. The van der Waals surface area contributed by atoms with E-state index in [9.17, 15) is 10.1 Å². The normalized spacial score (nSPS) is 10.5. The van der Waals surface area contributed by atoms with E-state index in [1.165, 1.54) is 0 Å². The Kier molecular flexibility index (Phi) is 2.72. The number of nitrogens with zero attached hydrogens (tertiary/aromatic N) is 1. The first-order valence-corrected chi connectivity index (χ1v) is 5.90. The average molecular weight is 248 g/mol. The summed E-state index contributed by atoms with van der Waals surface area (Å²) in [5.41, 5.74) is 1.48. The first-order chi connectivity index (χ1) is 9.27. The second kappa shape index (κ2) is 4.53. The van der Waals surface area contributed by atoms with Crippen molar-refractivity contribution < 1.29 is 4.92 Å². The van der Waals surface area contributed by atoms with E-state index >= 15 is 0 Å². The summed E-state index contributed by atoms with van der Waals surface area (Å²) < 4.78 is 0. The smallest absolute Gasteiger partial charge is 0.258 e. The lowest BCUT2D eigenvalue weighted by Crippen LogP contribution is -1.92. The molecule has 19 heavy (non-hydrogen) atoms. The monoisotopic (exact) mass is 248 g/mol. The molecule has 0 unspecified atom stereocenters. The van der Waals surface area contributed by atoms with Gasteiger partial charge in [0.15, 0.2) is 0 Å². The Balaban J connectivity index is 2.34. The summed E-state index contributed by atoms with van der Waals surface area (Å²) in [7, 11) is 0. The van der Waals surface area contributed by atoms with E-state index in [2.05, 4.69) is 6.07 Å². The molecule has 3 rings (SSSR count). The van der Waals surface area contributed by atoms with E-state index in [0.29, 0.717) is 5.56 Å². The van der Waals surface area contributed by atoms with E-state index in [0.717, 1.165) is 16.3 Å². The van der Waals surface area contributed by atoms with Gasteiger partial charge in [-0.1, -0.05) is 48.5 Å². The van der Waals surface area contributed by atoms with Gasteiger partial charge >= 0.3 is 0 Å². The molecule has 0 aliphatic heterocycles. The number of para-hydroxylation sites is 1. The third-order valence-electron chi connectivity index (χ3n) is 3.10. The molecule has 0 spiro atoms. The van der Waals surface area contributed by atoms with Crippen molar-refractivity contribution in [3.05, 3.63) is 76.8 Å². The summed E-state index contributed by atoms with van der Waals surface area (Å²) in [4.78, 5) is 10.7. The highest BCUT2D eigenvalue weighted by Gasteiger charge is 2.15. The topological polar surface area (TPSA) is 43.1 Å². The van der Waals surface area contributed by atoms with Crippen LogP contribution in [0.4, 0.5) is 5.69 Å². The van der Waals surface area contributed by atoms with Crippen LogP contribution in [-0.4, -0.2) is 4.92 Å². The summed E-state index contributed by atoms with van der Waals surface area (Å²) in [6, 6.07) is 21.5. The molecule has 0 heterocycles. The summed E-state index contributed by atoms with van der Waals surface area (Å²) in [5.74, 6) is 0. The van der Waals surface area contributed by atoms with Crippen LogP contribution < -0.4 is 0 Å². The fourth-order valence-corrected chi connectivity index (χ4v) is 2.26. The van der Waals surface area contributed by atoms with Crippen molar-refractivity contribution in [1.82, 2.24) is 0 Å². The number of nitro groups is 1. The molecule has 0 amide bonds. The maximum absolute atomic E-state index is 11.1. The van der Waals surface area contributed by atoms with Crippen LogP contribution in [0, 0.1) is 16.2 Å². The van der Waals surface area contributed by atoms with Gasteiger partial charge in [0.25, 0.3) is 5.69 Å². The Morgan fingerprint density at radius 1 is 0.895 bits per heavy atom. The molecule has 3 nitrogen and oxygen atoms in total. The molecular weight excluding hydrogens is 238 g/mol. The lowest BCUT2D eigenvalue weighted by molar-refractivity contribution is -0.384. The zero-order valence-electron chi connectivity index (χ0n) is 10.0. The van der Waals surface area contributed by atoms with Gasteiger partial charge < -0.3 is 0 Å². The van der Waals surface area contributed by atoms with Gasteiger partial charge in [0.05, 0.1) is 16.6 Å². The van der Waals surface area contributed by atoms with Crippen LogP contribution in [0.5, 0.6) is 0 Å². The van der Waals surface area contributed by atoms with E-state index in [1.54, 1.807) is 18.2 Å². The highest BCUT2D eigenvalue weighted by Crippen LogP contribution is 2.34. The molecule has 0 aliphatic carbocycles. The number of fused-ring (bicyclic) bond motifs is 1. The molecule has 3 aromatic rings. The molecule has 0 aliphatic rings. The first kappa shape index (κ1) is 11.4. The lowest BCUT2D eigenvalue weighted by atomic mass is 9.97. The Morgan fingerprint density at radius 3 is 2.47 bits per heavy atom. The summed E-state index contributed by atoms with van der Waals surface area (Å²) in [6.07, 6.45) is 0. The first-order valence-electron chi connectivity index (χ1n) is 5.90. The van der Waals surface area contributed by atoms with Crippen molar-refractivity contribution in [1.29, 1.82) is 0 Å². The van der Waals surface area contributed by atoms with Crippen LogP contribution in [0.25, 0.3) is 21.9 Å². The van der Waals surface area contributed by atoms with Gasteiger partial charge in [-0.05, 0) is 28.5 Å². The van der Waals surface area contributed by atoms with E-state index in [1.807, 2.05) is 42.5 Å². The molecule has 3 heteroatoms.